The summed E-state index contributed by atoms with van der Waals surface area (Å²) in [5.41, 5.74) is 8.52. The third-order valence-electron chi connectivity index (χ3n) is 4.77. The van der Waals surface area contributed by atoms with Crippen LogP contribution in [0.1, 0.15) is 0 Å². The highest BCUT2D eigenvalue weighted by Gasteiger charge is 2.06. The van der Waals surface area contributed by atoms with Gasteiger partial charge in [-0.2, -0.15) is 4.98 Å². The molecule has 0 aliphatic rings. The average Bonchev–Trinajstić information content (AvgIpc) is 2.81. The van der Waals surface area contributed by atoms with Crippen molar-refractivity contribution in [2.24, 2.45) is 0 Å². The lowest BCUT2D eigenvalue weighted by Crippen LogP contribution is -2.21. The van der Waals surface area contributed by atoms with E-state index in [1.807, 2.05) is 86.9 Å². The first-order valence-corrected chi connectivity index (χ1v) is 10.6. The predicted molar refractivity (Wildman–Crippen MR) is 133 cm³/mol. The molecule has 0 saturated carbocycles. The Labute approximate surface area is 193 Å². The zero-order valence-corrected chi connectivity index (χ0v) is 18.7. The molecule has 0 aliphatic carbocycles. The Kier molecular flexibility index (Phi) is 6.96. The van der Waals surface area contributed by atoms with Gasteiger partial charge in [0.1, 0.15) is 23.1 Å². The van der Waals surface area contributed by atoms with Gasteiger partial charge in [-0.1, -0.05) is 30.3 Å². The summed E-state index contributed by atoms with van der Waals surface area (Å²) in [7, 11) is 4.07. The van der Waals surface area contributed by atoms with Crippen LogP contribution in [0.5, 0.6) is 11.5 Å². The van der Waals surface area contributed by atoms with Crippen molar-refractivity contribution in [3.63, 3.8) is 0 Å². The van der Waals surface area contributed by atoms with E-state index in [-0.39, 0.29) is 5.95 Å². The lowest BCUT2D eigenvalue weighted by Gasteiger charge is -2.12. The number of nitrogens with two attached hydrogens (primary N) is 1. The van der Waals surface area contributed by atoms with Gasteiger partial charge < -0.3 is 26.0 Å². The van der Waals surface area contributed by atoms with E-state index in [2.05, 4.69) is 30.5 Å². The summed E-state index contributed by atoms with van der Waals surface area (Å²) in [6.07, 6.45) is 1.73. The molecule has 2 aromatic heterocycles. The van der Waals surface area contributed by atoms with Crippen molar-refractivity contribution in [1.82, 2.24) is 19.9 Å². The smallest absolute Gasteiger partial charge is 0.222 e. The van der Waals surface area contributed by atoms with Crippen molar-refractivity contribution in [2.45, 2.75) is 0 Å². The first-order valence-electron chi connectivity index (χ1n) is 10.6. The van der Waals surface area contributed by atoms with Gasteiger partial charge in [-0.05, 0) is 44.4 Å². The molecular weight excluding hydrogens is 414 g/mol. The van der Waals surface area contributed by atoms with Gasteiger partial charge in [-0.15, -0.1) is 0 Å². The first-order chi connectivity index (χ1) is 16.0. The van der Waals surface area contributed by atoms with Crippen molar-refractivity contribution < 1.29 is 4.74 Å². The monoisotopic (exact) mass is 441 g/mol. The maximum Gasteiger partial charge on any atom is 0.222 e. The van der Waals surface area contributed by atoms with E-state index in [1.165, 1.54) is 0 Å². The van der Waals surface area contributed by atoms with Crippen LogP contribution >= 0.6 is 0 Å². The molecule has 2 aromatic carbocycles. The fourth-order valence-corrected chi connectivity index (χ4v) is 3.16. The second-order valence-corrected chi connectivity index (χ2v) is 7.72. The molecule has 0 aliphatic heterocycles. The summed E-state index contributed by atoms with van der Waals surface area (Å²) < 4.78 is 5.98. The van der Waals surface area contributed by atoms with Gasteiger partial charge in [0.15, 0.2) is 0 Å². The first kappa shape index (κ1) is 22.0. The summed E-state index contributed by atoms with van der Waals surface area (Å²) in [6, 6.07) is 23.1. The number of rotatable bonds is 9. The van der Waals surface area contributed by atoms with Crippen LogP contribution in [0.3, 0.4) is 0 Å². The highest BCUT2D eigenvalue weighted by molar-refractivity contribution is 5.67. The topological polar surface area (TPSA) is 101 Å². The number of nitrogen functional groups attached to an aromatic ring is 1. The van der Waals surface area contributed by atoms with Crippen molar-refractivity contribution in [2.75, 3.05) is 43.6 Å². The number of pyridine rings is 1. The number of hydrogen-bond donors (Lipinski definition) is 3. The molecular formula is C25H27N7O. The molecule has 8 nitrogen and oxygen atoms in total. The molecule has 4 aromatic rings. The van der Waals surface area contributed by atoms with E-state index in [0.717, 1.165) is 41.6 Å². The second-order valence-electron chi connectivity index (χ2n) is 7.72. The Morgan fingerprint density at radius 3 is 2.42 bits per heavy atom. The molecule has 0 fully saturated rings. The second kappa shape index (κ2) is 10.4. The molecule has 2 heterocycles. The molecule has 0 unspecified atom stereocenters. The van der Waals surface area contributed by atoms with Crippen LogP contribution in [-0.4, -0.2) is 47.0 Å². The molecule has 168 valence electrons. The molecule has 0 spiro atoms. The van der Waals surface area contributed by atoms with Crippen LogP contribution in [0, 0.1) is 0 Å². The maximum atomic E-state index is 5.98. The number of aromatic nitrogens is 3. The van der Waals surface area contributed by atoms with E-state index in [9.17, 15) is 0 Å². The van der Waals surface area contributed by atoms with Crippen LogP contribution in [0.4, 0.5) is 23.3 Å². The number of anilines is 4. The minimum atomic E-state index is 0.214. The number of benzene rings is 2. The fraction of sp³-hybridized carbons (Fsp3) is 0.160. The number of ether oxygens (including phenoxy) is 1. The van der Waals surface area contributed by atoms with Gasteiger partial charge in [0.05, 0.1) is 5.69 Å². The van der Waals surface area contributed by atoms with Gasteiger partial charge in [0.2, 0.25) is 5.95 Å². The maximum absolute atomic E-state index is 5.98. The number of likely N-dealkylation sites (N-methyl/N-ethyl adjacent to an activating group) is 1. The lowest BCUT2D eigenvalue weighted by atomic mass is 10.1. The van der Waals surface area contributed by atoms with E-state index in [1.54, 1.807) is 6.20 Å². The molecule has 8 heteroatoms. The Morgan fingerprint density at radius 2 is 1.67 bits per heavy atom. The van der Waals surface area contributed by atoms with Gasteiger partial charge in [0.25, 0.3) is 0 Å². The largest absolute Gasteiger partial charge is 0.457 e. The third-order valence-corrected chi connectivity index (χ3v) is 4.77. The number of hydrogen-bond acceptors (Lipinski definition) is 8. The summed E-state index contributed by atoms with van der Waals surface area (Å²) in [5, 5.41) is 6.57. The van der Waals surface area contributed by atoms with Gasteiger partial charge in [-0.3, -0.25) is 0 Å². The van der Waals surface area contributed by atoms with Crippen molar-refractivity contribution >= 4 is 23.3 Å². The molecule has 0 atom stereocenters. The number of nitrogens with one attached hydrogen (secondary N) is 2. The van der Waals surface area contributed by atoms with E-state index >= 15 is 0 Å². The summed E-state index contributed by atoms with van der Waals surface area (Å²) in [5.74, 6) is 3.06. The van der Waals surface area contributed by atoms with Crippen LogP contribution in [-0.2, 0) is 0 Å². The highest BCUT2D eigenvalue weighted by Crippen LogP contribution is 2.26. The number of nitrogens with zero attached hydrogens (tertiary/aromatic N) is 4. The molecule has 0 saturated heterocycles. The van der Waals surface area contributed by atoms with Gasteiger partial charge in [0, 0.05) is 42.7 Å². The van der Waals surface area contributed by atoms with Crippen molar-refractivity contribution in [3.8, 4) is 22.8 Å². The predicted octanol–water partition coefficient (Wildman–Crippen LogP) is 4.63. The normalized spacial score (nSPS) is 10.8. The summed E-state index contributed by atoms with van der Waals surface area (Å²) >= 11 is 0. The minimum Gasteiger partial charge on any atom is -0.457 e. The van der Waals surface area contributed by atoms with E-state index < -0.39 is 0 Å². The summed E-state index contributed by atoms with van der Waals surface area (Å²) in [6.45, 7) is 1.73. The van der Waals surface area contributed by atoms with E-state index in [4.69, 9.17) is 10.5 Å². The Morgan fingerprint density at radius 1 is 0.879 bits per heavy atom. The molecule has 0 bridgehead atoms. The quantitative estimate of drug-likeness (QED) is 0.346. The lowest BCUT2D eigenvalue weighted by molar-refractivity contribution is 0.425. The zero-order valence-electron chi connectivity index (χ0n) is 18.7. The molecule has 33 heavy (non-hydrogen) atoms. The van der Waals surface area contributed by atoms with Crippen LogP contribution in [0.25, 0.3) is 11.3 Å². The minimum absolute atomic E-state index is 0.214. The SMILES string of the molecule is CN(C)CCNc1cc(Oc2ccc(Nc3cc(-c4ccccc4)nc(N)n3)cc2)ccn1. The highest BCUT2D eigenvalue weighted by atomic mass is 16.5. The van der Waals surface area contributed by atoms with E-state index in [0.29, 0.717) is 11.6 Å². The van der Waals surface area contributed by atoms with Gasteiger partial charge in [-0.25, -0.2) is 9.97 Å². The fourth-order valence-electron chi connectivity index (χ4n) is 3.16. The van der Waals surface area contributed by atoms with Crippen LogP contribution in [0.2, 0.25) is 0 Å². The molecule has 0 amide bonds. The van der Waals surface area contributed by atoms with Crippen LogP contribution in [0.15, 0.2) is 79.0 Å². The molecule has 4 rings (SSSR count). The van der Waals surface area contributed by atoms with Gasteiger partial charge >= 0.3 is 0 Å². The zero-order chi connectivity index (χ0) is 23.0. The average molecular weight is 442 g/mol. The van der Waals surface area contributed by atoms with Crippen molar-refractivity contribution in [3.05, 3.63) is 79.0 Å². The standard InChI is InChI=1S/C25H27N7O/c1-32(2)15-14-28-23-16-21(12-13-27-23)33-20-10-8-19(9-11-20)29-24-17-22(30-25(26)31-24)18-6-4-3-5-7-18/h3-13,16-17H,14-15H2,1-2H3,(H,27,28)(H3,26,29,30,31). The third kappa shape index (κ3) is 6.41. The summed E-state index contributed by atoms with van der Waals surface area (Å²) in [4.78, 5) is 15.1. The molecule has 0 radical (unpaired) electrons. The van der Waals surface area contributed by atoms with Crippen molar-refractivity contribution in [1.29, 1.82) is 0 Å². The Hall–Kier alpha value is -4.17. The Bertz CT molecular complexity index is 1180. The molecule has 4 N–H and O–H groups in total. The van der Waals surface area contributed by atoms with Crippen LogP contribution < -0.4 is 21.1 Å². The Balaban J connectivity index is 1.41.